The lowest BCUT2D eigenvalue weighted by Gasteiger charge is -2.06. The largest absolute Gasteiger partial charge is 0.304 e. The highest BCUT2D eigenvalue weighted by Gasteiger charge is 2.13. The summed E-state index contributed by atoms with van der Waals surface area (Å²) >= 11 is 0. The molecule has 0 spiro atoms. The van der Waals surface area contributed by atoms with Crippen LogP contribution in [-0.4, -0.2) is 9.49 Å². The van der Waals surface area contributed by atoms with Gasteiger partial charge in [-0.15, -0.1) is 0 Å². The number of aryl methyl sites for hydroxylation is 1. The van der Waals surface area contributed by atoms with E-state index in [0.29, 0.717) is 12.1 Å². The first kappa shape index (κ1) is 12.0. The van der Waals surface area contributed by atoms with Gasteiger partial charge in [-0.3, -0.25) is 14.9 Å². The molecule has 5 nitrogen and oxygen atoms in total. The lowest BCUT2D eigenvalue weighted by atomic mass is 10.2. The minimum Gasteiger partial charge on any atom is -0.304 e. The van der Waals surface area contributed by atoms with E-state index >= 15 is 0 Å². The van der Waals surface area contributed by atoms with Gasteiger partial charge in [0.15, 0.2) is 0 Å². The number of hydrogen-bond donors (Lipinski definition) is 0. The average Bonchev–Trinajstić information content (AvgIpc) is 2.33. The molecule has 18 heavy (non-hydrogen) atoms. The van der Waals surface area contributed by atoms with E-state index < -0.39 is 4.92 Å². The molecule has 0 N–H and O–H groups in total. The van der Waals surface area contributed by atoms with Gasteiger partial charge < -0.3 is 4.57 Å². The lowest BCUT2D eigenvalue weighted by Crippen LogP contribution is -2.20. The number of aromatic nitrogens is 1. The van der Waals surface area contributed by atoms with Gasteiger partial charge in [-0.1, -0.05) is 30.3 Å². The molecule has 1 aromatic heterocycles. The van der Waals surface area contributed by atoms with Crippen molar-refractivity contribution in [3.05, 3.63) is 74.2 Å². The van der Waals surface area contributed by atoms with Crippen LogP contribution in [-0.2, 0) is 6.54 Å². The Morgan fingerprint density at radius 1 is 1.28 bits per heavy atom. The Hall–Kier alpha value is -2.43. The maximum atomic E-state index is 11.8. The van der Waals surface area contributed by atoms with Crippen LogP contribution in [0.4, 0.5) is 5.69 Å². The number of rotatable bonds is 3. The first-order chi connectivity index (χ1) is 8.58. The van der Waals surface area contributed by atoms with Crippen LogP contribution in [0.2, 0.25) is 0 Å². The molecule has 92 valence electrons. The Morgan fingerprint density at radius 2 is 1.94 bits per heavy atom. The number of benzene rings is 1. The predicted molar refractivity (Wildman–Crippen MR) is 67.6 cm³/mol. The molecule has 1 heterocycles. The molecule has 0 saturated carbocycles. The second-order valence-corrected chi connectivity index (χ2v) is 4.05. The molecule has 0 bridgehead atoms. The van der Waals surface area contributed by atoms with Crippen molar-refractivity contribution >= 4 is 5.69 Å². The summed E-state index contributed by atoms with van der Waals surface area (Å²) in [4.78, 5) is 22.1. The first-order valence-corrected chi connectivity index (χ1v) is 5.47. The normalized spacial score (nSPS) is 10.3. The third-order valence-electron chi connectivity index (χ3n) is 2.70. The van der Waals surface area contributed by atoms with Gasteiger partial charge in [0.05, 0.1) is 17.7 Å². The maximum absolute atomic E-state index is 11.8. The van der Waals surface area contributed by atoms with Gasteiger partial charge >= 0.3 is 0 Å². The fraction of sp³-hybridized carbons (Fsp3) is 0.154. The molecule has 5 heteroatoms. The molecular formula is C13H12N2O3. The highest BCUT2D eigenvalue weighted by Crippen LogP contribution is 2.14. The van der Waals surface area contributed by atoms with Gasteiger partial charge in [0.2, 0.25) is 0 Å². The molecule has 0 unspecified atom stereocenters. The van der Waals surface area contributed by atoms with Crippen LogP contribution in [0.15, 0.2) is 47.4 Å². The molecule has 0 radical (unpaired) electrons. The van der Waals surface area contributed by atoms with Crippen LogP contribution >= 0.6 is 0 Å². The average molecular weight is 244 g/mol. The van der Waals surface area contributed by atoms with Crippen LogP contribution in [0.1, 0.15) is 11.1 Å². The Morgan fingerprint density at radius 3 is 2.56 bits per heavy atom. The first-order valence-electron chi connectivity index (χ1n) is 5.47. The van der Waals surface area contributed by atoms with Crippen LogP contribution in [0.25, 0.3) is 0 Å². The molecule has 0 aliphatic rings. The quantitative estimate of drug-likeness (QED) is 0.613. The summed E-state index contributed by atoms with van der Waals surface area (Å²) in [6, 6.07) is 10.6. The maximum Gasteiger partial charge on any atom is 0.288 e. The Labute approximate surface area is 103 Å². The summed E-state index contributed by atoms with van der Waals surface area (Å²) in [5, 5.41) is 10.8. The molecular weight excluding hydrogens is 232 g/mol. The summed E-state index contributed by atoms with van der Waals surface area (Å²) in [6.45, 7) is 1.90. The number of pyridine rings is 1. The monoisotopic (exact) mass is 244 g/mol. The Kier molecular flexibility index (Phi) is 3.23. The molecule has 0 saturated heterocycles. The van der Waals surface area contributed by atoms with E-state index in [1.54, 1.807) is 6.92 Å². The fourth-order valence-electron chi connectivity index (χ4n) is 1.75. The molecule has 0 amide bonds. The van der Waals surface area contributed by atoms with Crippen LogP contribution in [0, 0.1) is 17.0 Å². The van der Waals surface area contributed by atoms with E-state index in [1.165, 1.54) is 16.8 Å². The molecule has 2 aromatic rings. The van der Waals surface area contributed by atoms with Crippen LogP contribution in [0.3, 0.4) is 0 Å². The molecule has 0 atom stereocenters. The zero-order valence-corrected chi connectivity index (χ0v) is 9.87. The van der Waals surface area contributed by atoms with Crippen molar-refractivity contribution in [3.63, 3.8) is 0 Å². The standard InChI is InChI=1S/C13H12N2O3/c1-10-7-13(16)14(9-12(10)15(17)18)8-11-5-3-2-4-6-11/h2-7,9H,8H2,1H3. The zero-order chi connectivity index (χ0) is 13.1. The zero-order valence-electron chi connectivity index (χ0n) is 9.87. The van der Waals surface area contributed by atoms with Crippen molar-refractivity contribution in [2.75, 3.05) is 0 Å². The summed E-state index contributed by atoms with van der Waals surface area (Å²) in [7, 11) is 0. The summed E-state index contributed by atoms with van der Waals surface area (Å²) < 4.78 is 1.35. The third kappa shape index (κ3) is 2.45. The molecule has 1 aromatic carbocycles. The molecule has 0 aliphatic carbocycles. The third-order valence-corrected chi connectivity index (χ3v) is 2.70. The van der Waals surface area contributed by atoms with Gasteiger partial charge in [0, 0.05) is 11.6 Å². The fourth-order valence-corrected chi connectivity index (χ4v) is 1.75. The topological polar surface area (TPSA) is 65.1 Å². The predicted octanol–water partition coefficient (Wildman–Crippen LogP) is 2.11. The highest BCUT2D eigenvalue weighted by molar-refractivity contribution is 5.36. The lowest BCUT2D eigenvalue weighted by molar-refractivity contribution is -0.385. The van der Waals surface area contributed by atoms with Gasteiger partial charge in [-0.05, 0) is 12.5 Å². The van der Waals surface area contributed by atoms with E-state index in [1.807, 2.05) is 30.3 Å². The van der Waals surface area contributed by atoms with E-state index in [-0.39, 0.29) is 11.2 Å². The van der Waals surface area contributed by atoms with Crippen molar-refractivity contribution in [3.8, 4) is 0 Å². The van der Waals surface area contributed by atoms with E-state index in [9.17, 15) is 14.9 Å². The summed E-state index contributed by atoms with van der Waals surface area (Å²) in [5.74, 6) is 0. The molecule has 0 aliphatic heterocycles. The highest BCUT2D eigenvalue weighted by atomic mass is 16.6. The number of hydrogen-bond acceptors (Lipinski definition) is 3. The Bertz CT molecular complexity index is 632. The number of nitro groups is 1. The van der Waals surface area contributed by atoms with Gasteiger partial charge in [0.25, 0.3) is 11.2 Å². The molecule has 2 rings (SSSR count). The second-order valence-electron chi connectivity index (χ2n) is 4.05. The SMILES string of the molecule is Cc1cc(=O)n(Cc2ccccc2)cc1[N+](=O)[O-]. The van der Waals surface area contributed by atoms with Gasteiger partial charge in [0.1, 0.15) is 0 Å². The van der Waals surface area contributed by atoms with Crippen molar-refractivity contribution in [1.29, 1.82) is 0 Å². The van der Waals surface area contributed by atoms with Crippen LogP contribution in [0.5, 0.6) is 0 Å². The minimum atomic E-state index is -0.476. The molecule has 0 fully saturated rings. The van der Waals surface area contributed by atoms with Crippen molar-refractivity contribution in [2.45, 2.75) is 13.5 Å². The van der Waals surface area contributed by atoms with Gasteiger partial charge in [-0.2, -0.15) is 0 Å². The van der Waals surface area contributed by atoms with Gasteiger partial charge in [-0.25, -0.2) is 0 Å². The van der Waals surface area contributed by atoms with Crippen molar-refractivity contribution < 1.29 is 4.92 Å². The smallest absolute Gasteiger partial charge is 0.288 e. The summed E-state index contributed by atoms with van der Waals surface area (Å²) in [5.41, 5.74) is 1.04. The van der Waals surface area contributed by atoms with Crippen molar-refractivity contribution in [2.24, 2.45) is 0 Å². The minimum absolute atomic E-state index is 0.0365. The van der Waals surface area contributed by atoms with E-state index in [4.69, 9.17) is 0 Å². The second kappa shape index (κ2) is 4.83. The summed E-state index contributed by atoms with van der Waals surface area (Å²) in [6.07, 6.45) is 1.30. The van der Waals surface area contributed by atoms with Crippen molar-refractivity contribution in [1.82, 2.24) is 4.57 Å². The number of nitrogens with zero attached hydrogens (tertiary/aromatic N) is 2. The Balaban J connectivity index is 2.42. The van der Waals surface area contributed by atoms with Crippen LogP contribution < -0.4 is 5.56 Å². The van der Waals surface area contributed by atoms with E-state index in [0.717, 1.165) is 5.56 Å². The van der Waals surface area contributed by atoms with E-state index in [2.05, 4.69) is 0 Å².